The highest BCUT2D eigenvalue weighted by molar-refractivity contribution is 6.29. The van der Waals surface area contributed by atoms with E-state index >= 15 is 0 Å². The number of hydrogen-bond donors (Lipinski definition) is 0. The van der Waals surface area contributed by atoms with Crippen molar-refractivity contribution >= 4 is 23.2 Å². The number of amides is 1. The summed E-state index contributed by atoms with van der Waals surface area (Å²) in [7, 11) is 0. The Morgan fingerprint density at radius 1 is 1.22 bits per heavy atom. The van der Waals surface area contributed by atoms with Gasteiger partial charge in [-0.25, -0.2) is 0 Å². The Morgan fingerprint density at radius 2 is 2.06 bits per heavy atom. The van der Waals surface area contributed by atoms with E-state index in [-0.39, 0.29) is 16.9 Å². The normalized spacial score (nSPS) is 13.9. The lowest BCUT2D eigenvalue weighted by Gasteiger charge is -2.28. The van der Waals surface area contributed by atoms with Gasteiger partial charge in [0, 0.05) is 0 Å². The summed E-state index contributed by atoms with van der Waals surface area (Å²) in [5, 5.41) is 0.208. The van der Waals surface area contributed by atoms with Crippen LogP contribution in [0, 0.1) is 0 Å². The highest BCUT2D eigenvalue weighted by Gasteiger charge is 2.26. The molecule has 1 amide bonds. The van der Waals surface area contributed by atoms with E-state index in [0.29, 0.717) is 18.9 Å². The average Bonchev–Trinajstić information content (AvgIpc) is 2.84. The average molecular weight is 264 g/mol. The summed E-state index contributed by atoms with van der Waals surface area (Å²) in [4.78, 5) is 13.9. The Hall–Kier alpha value is -1.94. The van der Waals surface area contributed by atoms with Crippen molar-refractivity contribution in [1.29, 1.82) is 0 Å². The van der Waals surface area contributed by atoms with Gasteiger partial charge in [0.1, 0.15) is 12.4 Å². The number of ether oxygens (including phenoxy) is 1. The van der Waals surface area contributed by atoms with Crippen molar-refractivity contribution in [2.24, 2.45) is 0 Å². The van der Waals surface area contributed by atoms with Crippen LogP contribution in [-0.4, -0.2) is 19.1 Å². The third-order valence-electron chi connectivity index (χ3n) is 2.76. The van der Waals surface area contributed by atoms with E-state index in [1.165, 1.54) is 0 Å². The third-order valence-corrected chi connectivity index (χ3v) is 2.96. The number of hydrogen-bond acceptors (Lipinski definition) is 3. The molecule has 5 heteroatoms. The zero-order valence-electron chi connectivity index (χ0n) is 9.43. The van der Waals surface area contributed by atoms with E-state index in [4.69, 9.17) is 20.8 Å². The Balaban J connectivity index is 1.96. The summed E-state index contributed by atoms with van der Waals surface area (Å²) >= 11 is 5.68. The van der Waals surface area contributed by atoms with Crippen molar-refractivity contribution in [1.82, 2.24) is 0 Å². The van der Waals surface area contributed by atoms with Gasteiger partial charge in [-0.15, -0.1) is 0 Å². The maximum atomic E-state index is 12.3. The van der Waals surface area contributed by atoms with Crippen LogP contribution in [0.3, 0.4) is 0 Å². The lowest BCUT2D eigenvalue weighted by Crippen LogP contribution is -2.37. The number of anilines is 1. The van der Waals surface area contributed by atoms with Crippen LogP contribution in [0.1, 0.15) is 10.6 Å². The van der Waals surface area contributed by atoms with Gasteiger partial charge in [-0.2, -0.15) is 0 Å². The zero-order chi connectivity index (χ0) is 12.5. The molecule has 0 saturated carbocycles. The van der Waals surface area contributed by atoms with Crippen LogP contribution in [-0.2, 0) is 0 Å². The lowest BCUT2D eigenvalue weighted by atomic mass is 10.2. The van der Waals surface area contributed by atoms with Gasteiger partial charge in [0.25, 0.3) is 5.91 Å². The van der Waals surface area contributed by atoms with Gasteiger partial charge < -0.3 is 9.15 Å². The number of nitrogens with zero attached hydrogens (tertiary/aromatic N) is 1. The molecule has 1 aromatic heterocycles. The van der Waals surface area contributed by atoms with E-state index in [0.717, 1.165) is 5.69 Å². The summed E-state index contributed by atoms with van der Waals surface area (Å²) in [5.41, 5.74) is 0.751. The van der Waals surface area contributed by atoms with Crippen LogP contribution < -0.4 is 9.64 Å². The van der Waals surface area contributed by atoms with Gasteiger partial charge in [-0.3, -0.25) is 9.69 Å². The van der Waals surface area contributed by atoms with E-state index in [9.17, 15) is 4.79 Å². The molecule has 4 nitrogen and oxygen atoms in total. The first-order chi connectivity index (χ1) is 8.75. The molecular weight excluding hydrogens is 254 g/mol. The Kier molecular flexibility index (Phi) is 2.72. The molecule has 1 aliphatic heterocycles. The summed E-state index contributed by atoms with van der Waals surface area (Å²) in [6.45, 7) is 0.964. The molecule has 0 atom stereocenters. The van der Waals surface area contributed by atoms with Gasteiger partial charge in [-0.1, -0.05) is 12.1 Å². The number of carbonyl (C=O) groups is 1. The molecule has 2 heterocycles. The lowest BCUT2D eigenvalue weighted by molar-refractivity contribution is 0.0950. The van der Waals surface area contributed by atoms with Crippen molar-refractivity contribution in [2.45, 2.75) is 0 Å². The molecule has 0 fully saturated rings. The molecule has 3 rings (SSSR count). The van der Waals surface area contributed by atoms with Crippen molar-refractivity contribution in [3.05, 3.63) is 47.4 Å². The molecule has 2 aromatic rings. The molecular formula is C13H10ClNO3. The van der Waals surface area contributed by atoms with Crippen molar-refractivity contribution < 1.29 is 13.9 Å². The highest BCUT2D eigenvalue weighted by atomic mass is 35.5. The maximum Gasteiger partial charge on any atom is 0.294 e. The van der Waals surface area contributed by atoms with Gasteiger partial charge in [0.05, 0.1) is 12.2 Å². The molecule has 0 spiro atoms. The maximum absolute atomic E-state index is 12.3. The third kappa shape index (κ3) is 1.84. The van der Waals surface area contributed by atoms with Gasteiger partial charge >= 0.3 is 0 Å². The summed E-state index contributed by atoms with van der Waals surface area (Å²) in [5.74, 6) is 0.726. The second-order valence-electron chi connectivity index (χ2n) is 3.88. The van der Waals surface area contributed by atoms with Gasteiger partial charge in [0.2, 0.25) is 0 Å². The fraction of sp³-hybridized carbons (Fsp3) is 0.154. The molecule has 0 saturated heterocycles. The minimum atomic E-state index is -0.211. The zero-order valence-corrected chi connectivity index (χ0v) is 10.2. The van der Waals surface area contributed by atoms with Crippen molar-refractivity contribution in [2.75, 3.05) is 18.1 Å². The Labute approximate surface area is 109 Å². The molecule has 0 unspecified atom stereocenters. The number of carbonyl (C=O) groups excluding carboxylic acids is 1. The summed E-state index contributed by atoms with van der Waals surface area (Å²) in [6.07, 6.45) is 0. The monoisotopic (exact) mass is 263 g/mol. The van der Waals surface area contributed by atoms with Crippen LogP contribution in [0.4, 0.5) is 5.69 Å². The smallest absolute Gasteiger partial charge is 0.294 e. The summed E-state index contributed by atoms with van der Waals surface area (Å²) < 4.78 is 10.6. The van der Waals surface area contributed by atoms with E-state index in [1.807, 2.05) is 24.3 Å². The molecule has 92 valence electrons. The number of halogens is 1. The molecule has 0 N–H and O–H groups in total. The van der Waals surface area contributed by atoms with E-state index < -0.39 is 0 Å². The molecule has 0 radical (unpaired) electrons. The van der Waals surface area contributed by atoms with Crippen LogP contribution in [0.2, 0.25) is 5.22 Å². The fourth-order valence-electron chi connectivity index (χ4n) is 1.94. The number of para-hydroxylation sites is 2. The van der Waals surface area contributed by atoms with Crippen LogP contribution in [0.5, 0.6) is 5.75 Å². The first-order valence-corrected chi connectivity index (χ1v) is 5.92. The molecule has 18 heavy (non-hydrogen) atoms. The molecule has 0 bridgehead atoms. The first kappa shape index (κ1) is 11.2. The van der Waals surface area contributed by atoms with Crippen molar-refractivity contribution in [3.63, 3.8) is 0 Å². The van der Waals surface area contributed by atoms with Crippen LogP contribution in [0.15, 0.2) is 40.8 Å². The minimum Gasteiger partial charge on any atom is -0.490 e. The SMILES string of the molecule is O=C(c1ccc(Cl)o1)N1CCOc2ccccc21. The Morgan fingerprint density at radius 3 is 2.83 bits per heavy atom. The predicted octanol–water partition coefficient (Wildman–Crippen LogP) is 2.97. The topological polar surface area (TPSA) is 42.7 Å². The largest absolute Gasteiger partial charge is 0.490 e. The standard InChI is InChI=1S/C13H10ClNO3/c14-12-6-5-11(18-12)13(16)15-7-8-17-10-4-2-1-3-9(10)15/h1-6H,7-8H2. The number of benzene rings is 1. The number of fused-ring (bicyclic) bond motifs is 1. The number of rotatable bonds is 1. The minimum absolute atomic E-state index is 0.208. The first-order valence-electron chi connectivity index (χ1n) is 5.55. The van der Waals surface area contributed by atoms with Crippen LogP contribution >= 0.6 is 11.6 Å². The highest BCUT2D eigenvalue weighted by Crippen LogP contribution is 2.32. The van der Waals surface area contributed by atoms with E-state index in [1.54, 1.807) is 17.0 Å². The molecule has 0 aliphatic carbocycles. The fourth-order valence-corrected chi connectivity index (χ4v) is 2.09. The van der Waals surface area contributed by atoms with Gasteiger partial charge in [-0.05, 0) is 35.9 Å². The summed E-state index contributed by atoms with van der Waals surface area (Å²) in [6, 6.07) is 10.5. The molecule has 1 aliphatic rings. The second-order valence-corrected chi connectivity index (χ2v) is 4.25. The molecule has 1 aromatic carbocycles. The Bertz CT molecular complexity index is 593. The predicted molar refractivity (Wildman–Crippen MR) is 67.3 cm³/mol. The number of furan rings is 1. The van der Waals surface area contributed by atoms with Crippen LogP contribution in [0.25, 0.3) is 0 Å². The second kappa shape index (κ2) is 4.38. The van der Waals surface area contributed by atoms with E-state index in [2.05, 4.69) is 0 Å². The van der Waals surface area contributed by atoms with Gasteiger partial charge in [0.15, 0.2) is 11.0 Å². The quantitative estimate of drug-likeness (QED) is 0.794. The van der Waals surface area contributed by atoms with Crippen molar-refractivity contribution in [3.8, 4) is 5.75 Å².